The highest BCUT2D eigenvalue weighted by molar-refractivity contribution is 6.32. The first-order chi connectivity index (χ1) is 18.9. The minimum atomic E-state index is -5.24. The Bertz CT molecular complexity index is 1420. The first-order valence-corrected chi connectivity index (χ1v) is 11.4. The van der Waals surface area contributed by atoms with E-state index in [2.05, 4.69) is 15.1 Å². The van der Waals surface area contributed by atoms with E-state index in [0.29, 0.717) is 30.3 Å². The van der Waals surface area contributed by atoms with E-state index >= 15 is 4.39 Å². The monoisotopic (exact) mass is 615 g/mol. The molecule has 41 heavy (non-hydrogen) atoms. The molecule has 0 fully saturated rings. The highest BCUT2D eigenvalue weighted by Crippen LogP contribution is 2.42. The number of pyridine rings is 1. The number of hydrogen-bond donors (Lipinski definition) is 1. The predicted octanol–water partition coefficient (Wildman–Crippen LogP) is 8.09. The number of alkyl halides is 9. The zero-order chi connectivity index (χ0) is 30.8. The fraction of sp³-hybridized carbons (Fsp3) is 0.200. The summed E-state index contributed by atoms with van der Waals surface area (Å²) in [7, 11) is 1.29. The zero-order valence-corrected chi connectivity index (χ0v) is 21.1. The molecule has 0 saturated carbocycles. The maximum atomic E-state index is 15.0. The summed E-state index contributed by atoms with van der Waals surface area (Å²) in [6.45, 7) is 0. The molecule has 16 heteroatoms. The Morgan fingerprint density at radius 3 is 2.22 bits per heavy atom. The maximum Gasteiger partial charge on any atom is 0.573 e. The summed E-state index contributed by atoms with van der Waals surface area (Å²) >= 11 is 5.60. The quantitative estimate of drug-likeness (QED) is 0.216. The van der Waals surface area contributed by atoms with Gasteiger partial charge in [-0.25, -0.2) is 9.37 Å². The Hall–Kier alpha value is -4.01. The minimum absolute atomic E-state index is 0.0694. The molecule has 220 valence electrons. The second kappa shape index (κ2) is 11.8. The van der Waals surface area contributed by atoms with Gasteiger partial charge in [0.05, 0.1) is 16.1 Å². The van der Waals surface area contributed by atoms with Crippen LogP contribution < -0.4 is 15.2 Å². The Morgan fingerprint density at radius 1 is 1.00 bits per heavy atom. The van der Waals surface area contributed by atoms with Gasteiger partial charge < -0.3 is 4.74 Å². The number of carbonyl (C=O) groups is 1. The average molecular weight is 616 g/mol. The Morgan fingerprint density at radius 2 is 1.68 bits per heavy atom. The van der Waals surface area contributed by atoms with E-state index in [1.165, 1.54) is 19.3 Å². The Labute approximate surface area is 230 Å². The molecule has 3 rings (SSSR count). The smallest absolute Gasteiger partial charge is 0.404 e. The molecule has 1 unspecified atom stereocenters. The van der Waals surface area contributed by atoms with Crippen molar-refractivity contribution in [2.75, 3.05) is 12.1 Å². The van der Waals surface area contributed by atoms with Crippen LogP contribution in [0.4, 0.5) is 49.7 Å². The fourth-order valence-electron chi connectivity index (χ4n) is 3.49. The maximum absolute atomic E-state index is 15.0. The predicted molar refractivity (Wildman–Crippen MR) is 128 cm³/mol. The third-order valence-electron chi connectivity index (χ3n) is 5.31. The first-order valence-electron chi connectivity index (χ1n) is 11.0. The van der Waals surface area contributed by atoms with Gasteiger partial charge in [-0.3, -0.25) is 15.2 Å². The van der Waals surface area contributed by atoms with Crippen molar-refractivity contribution in [1.29, 1.82) is 0 Å². The van der Waals surface area contributed by atoms with Gasteiger partial charge in [-0.1, -0.05) is 29.8 Å². The van der Waals surface area contributed by atoms with Crippen LogP contribution in [-0.4, -0.2) is 30.5 Å². The molecule has 0 radical (unpaired) electrons. The summed E-state index contributed by atoms with van der Waals surface area (Å²) in [4.78, 5) is 16.5. The van der Waals surface area contributed by atoms with E-state index in [-0.39, 0.29) is 18.0 Å². The number of amides is 1. The number of nitrogens with zero attached hydrogens (tertiary/aromatic N) is 2. The van der Waals surface area contributed by atoms with E-state index in [1.54, 1.807) is 12.1 Å². The van der Waals surface area contributed by atoms with Crippen molar-refractivity contribution in [3.8, 4) is 5.75 Å². The van der Waals surface area contributed by atoms with Crippen LogP contribution in [0.1, 0.15) is 33.0 Å². The van der Waals surface area contributed by atoms with Crippen LogP contribution in [0.2, 0.25) is 5.02 Å². The second-order valence-electron chi connectivity index (χ2n) is 8.22. The third-order valence-corrected chi connectivity index (χ3v) is 5.61. The van der Waals surface area contributed by atoms with E-state index in [0.717, 1.165) is 5.01 Å². The van der Waals surface area contributed by atoms with Gasteiger partial charge in [0.25, 0.3) is 5.91 Å². The van der Waals surface area contributed by atoms with Gasteiger partial charge in [-0.05, 0) is 48.0 Å². The number of allylic oxidation sites excluding steroid dienone is 1. The summed E-state index contributed by atoms with van der Waals surface area (Å²) in [6.07, 6.45) is -14.4. The first kappa shape index (κ1) is 31.5. The summed E-state index contributed by atoms with van der Waals surface area (Å²) in [5.41, 5.74) is -2.23. The second-order valence-corrected chi connectivity index (χ2v) is 8.62. The fourth-order valence-corrected chi connectivity index (χ4v) is 3.72. The standard InChI is InChI=1S/C25H16ClF10N3O2/c1-39(21-4-2-3-9-37-21)38-22(40)15-7-5-14(10-17(15)24(31,32)33)19(27)12-16(23(28,29)30)13-6-8-20(18(26)11-13)41-25(34,35)36/h2-12,16H,1H3,(H,38,40). The van der Waals surface area contributed by atoms with Crippen molar-refractivity contribution in [3.63, 3.8) is 0 Å². The lowest BCUT2D eigenvalue weighted by atomic mass is 9.95. The molecular formula is C25H16ClF10N3O2. The summed E-state index contributed by atoms with van der Waals surface area (Å²) in [5, 5.41) is 0.134. The largest absolute Gasteiger partial charge is 0.573 e. The van der Waals surface area contributed by atoms with Gasteiger partial charge in [-0.15, -0.1) is 13.2 Å². The van der Waals surface area contributed by atoms with Crippen molar-refractivity contribution in [2.45, 2.75) is 24.6 Å². The summed E-state index contributed by atoms with van der Waals surface area (Å²) in [6, 6.07) is 7.41. The molecule has 0 aliphatic carbocycles. The third kappa shape index (κ3) is 8.25. The molecule has 2 aromatic carbocycles. The molecule has 0 bridgehead atoms. The van der Waals surface area contributed by atoms with Crippen LogP contribution in [-0.2, 0) is 6.18 Å². The number of aromatic nitrogens is 1. The van der Waals surface area contributed by atoms with Crippen molar-refractivity contribution in [1.82, 2.24) is 10.4 Å². The number of rotatable bonds is 7. The topological polar surface area (TPSA) is 54.5 Å². The van der Waals surface area contributed by atoms with Crippen LogP contribution in [0.15, 0.2) is 66.9 Å². The van der Waals surface area contributed by atoms with Gasteiger partial charge >= 0.3 is 18.7 Å². The number of benzene rings is 2. The molecule has 1 atom stereocenters. The minimum Gasteiger partial charge on any atom is -0.404 e. The molecule has 0 spiro atoms. The number of ether oxygens (including phenoxy) is 1. The Balaban J connectivity index is 1.98. The molecule has 3 aromatic rings. The van der Waals surface area contributed by atoms with Crippen molar-refractivity contribution in [2.24, 2.45) is 0 Å². The van der Waals surface area contributed by atoms with E-state index in [1.807, 2.05) is 0 Å². The zero-order valence-electron chi connectivity index (χ0n) is 20.3. The van der Waals surface area contributed by atoms with Crippen molar-refractivity contribution < 1.29 is 53.4 Å². The molecular weight excluding hydrogens is 600 g/mol. The van der Waals surface area contributed by atoms with Crippen LogP contribution >= 0.6 is 11.6 Å². The summed E-state index contributed by atoms with van der Waals surface area (Å²) < 4.78 is 139. The molecule has 1 N–H and O–H groups in total. The van der Waals surface area contributed by atoms with Gasteiger partial charge in [0, 0.05) is 18.8 Å². The van der Waals surface area contributed by atoms with Crippen LogP contribution in [0.5, 0.6) is 5.75 Å². The SMILES string of the molecule is CN(NC(=O)c1ccc(C(F)=CC(c2ccc(OC(F)(F)F)c(Cl)c2)C(F)(F)F)cc1C(F)(F)F)c1ccccn1. The molecule has 0 aliphatic heterocycles. The lowest BCUT2D eigenvalue weighted by Crippen LogP contribution is -2.40. The Kier molecular flexibility index (Phi) is 9.11. The molecule has 5 nitrogen and oxygen atoms in total. The summed E-state index contributed by atoms with van der Waals surface area (Å²) in [5.74, 6) is -6.72. The average Bonchev–Trinajstić information content (AvgIpc) is 2.86. The van der Waals surface area contributed by atoms with Crippen molar-refractivity contribution >= 4 is 29.2 Å². The van der Waals surface area contributed by atoms with Crippen LogP contribution in [0, 0.1) is 0 Å². The molecule has 1 heterocycles. The lowest BCUT2D eigenvalue weighted by molar-refractivity contribution is -0.274. The molecule has 1 amide bonds. The number of nitrogens with one attached hydrogen (secondary N) is 1. The van der Waals surface area contributed by atoms with Gasteiger partial charge in [0.1, 0.15) is 23.3 Å². The normalized spacial score (nSPS) is 13.5. The van der Waals surface area contributed by atoms with E-state index < -0.39 is 69.4 Å². The molecule has 1 aromatic heterocycles. The van der Waals surface area contributed by atoms with Crippen LogP contribution in [0.25, 0.3) is 5.83 Å². The number of hydrazine groups is 1. The van der Waals surface area contributed by atoms with Gasteiger partial charge in [0.2, 0.25) is 0 Å². The van der Waals surface area contributed by atoms with Crippen molar-refractivity contribution in [3.05, 3.63) is 94.1 Å². The lowest BCUT2D eigenvalue weighted by Gasteiger charge is -2.21. The molecule has 0 aliphatic rings. The van der Waals surface area contributed by atoms with E-state index in [9.17, 15) is 44.3 Å². The van der Waals surface area contributed by atoms with Gasteiger partial charge in [-0.2, -0.15) is 26.3 Å². The highest BCUT2D eigenvalue weighted by Gasteiger charge is 2.41. The van der Waals surface area contributed by atoms with E-state index in [4.69, 9.17) is 11.6 Å². The van der Waals surface area contributed by atoms with Gasteiger partial charge in [0.15, 0.2) is 0 Å². The van der Waals surface area contributed by atoms with Crippen LogP contribution in [0.3, 0.4) is 0 Å². The molecule has 0 saturated heterocycles. The number of carbonyl (C=O) groups excluding carboxylic acids is 1. The number of anilines is 1. The number of hydrogen-bond acceptors (Lipinski definition) is 4. The number of halogens is 11. The highest BCUT2D eigenvalue weighted by atomic mass is 35.5.